The third-order valence-corrected chi connectivity index (χ3v) is 3.49. The molecular formula is C12H16BrN3O2. The van der Waals surface area contributed by atoms with Crippen LogP contribution in [0.25, 0.3) is 0 Å². The molecular weight excluding hydrogens is 298 g/mol. The molecule has 5 nitrogen and oxygen atoms in total. The SMILES string of the molecule is NC(CNC(=O)Cn1cc(Br)ccc1=O)C1CC1. The second-order valence-electron chi connectivity index (χ2n) is 4.62. The number of rotatable bonds is 5. The molecule has 0 bridgehead atoms. The van der Waals surface area contributed by atoms with Crippen LogP contribution in [-0.4, -0.2) is 23.1 Å². The van der Waals surface area contributed by atoms with E-state index in [4.69, 9.17) is 5.73 Å². The molecule has 0 spiro atoms. The average molecular weight is 314 g/mol. The summed E-state index contributed by atoms with van der Waals surface area (Å²) in [4.78, 5) is 23.2. The van der Waals surface area contributed by atoms with Gasteiger partial charge in [0.05, 0.1) is 0 Å². The molecule has 0 aliphatic heterocycles. The number of amides is 1. The summed E-state index contributed by atoms with van der Waals surface area (Å²) in [6, 6.07) is 3.11. The molecule has 98 valence electrons. The maximum Gasteiger partial charge on any atom is 0.251 e. The van der Waals surface area contributed by atoms with Crippen molar-refractivity contribution in [2.24, 2.45) is 11.7 Å². The zero-order valence-electron chi connectivity index (χ0n) is 9.93. The smallest absolute Gasteiger partial charge is 0.251 e. The van der Waals surface area contributed by atoms with Crippen LogP contribution in [0.3, 0.4) is 0 Å². The highest BCUT2D eigenvalue weighted by Crippen LogP contribution is 2.31. The van der Waals surface area contributed by atoms with Crippen molar-refractivity contribution in [2.75, 3.05) is 6.54 Å². The molecule has 1 amide bonds. The van der Waals surface area contributed by atoms with Crippen molar-refractivity contribution in [2.45, 2.75) is 25.4 Å². The highest BCUT2D eigenvalue weighted by molar-refractivity contribution is 9.10. The first-order chi connectivity index (χ1) is 8.56. The zero-order chi connectivity index (χ0) is 13.1. The minimum absolute atomic E-state index is 0.0235. The largest absolute Gasteiger partial charge is 0.353 e. The van der Waals surface area contributed by atoms with Crippen LogP contribution in [0.15, 0.2) is 27.6 Å². The van der Waals surface area contributed by atoms with Gasteiger partial charge in [-0.1, -0.05) is 0 Å². The van der Waals surface area contributed by atoms with Crippen LogP contribution in [0.4, 0.5) is 0 Å². The first kappa shape index (κ1) is 13.3. The normalized spacial score (nSPS) is 16.3. The molecule has 1 aliphatic rings. The van der Waals surface area contributed by atoms with E-state index in [1.807, 2.05) is 0 Å². The summed E-state index contributed by atoms with van der Waals surface area (Å²) < 4.78 is 2.13. The molecule has 2 rings (SSSR count). The Morgan fingerprint density at radius 3 is 2.94 bits per heavy atom. The summed E-state index contributed by atoms with van der Waals surface area (Å²) in [5.74, 6) is 0.366. The monoisotopic (exact) mass is 313 g/mol. The summed E-state index contributed by atoms with van der Waals surface area (Å²) in [5, 5.41) is 2.76. The number of nitrogens with zero attached hydrogens (tertiary/aromatic N) is 1. The van der Waals surface area contributed by atoms with Crippen molar-refractivity contribution in [3.8, 4) is 0 Å². The number of hydrogen-bond acceptors (Lipinski definition) is 3. The second kappa shape index (κ2) is 5.67. The van der Waals surface area contributed by atoms with Crippen molar-refractivity contribution in [1.82, 2.24) is 9.88 Å². The van der Waals surface area contributed by atoms with Crippen molar-refractivity contribution in [3.05, 3.63) is 33.2 Å². The number of carbonyl (C=O) groups excluding carboxylic acids is 1. The molecule has 3 N–H and O–H groups in total. The Balaban J connectivity index is 1.86. The summed E-state index contributed by atoms with van der Waals surface area (Å²) in [6.07, 6.45) is 3.91. The summed E-state index contributed by atoms with van der Waals surface area (Å²) >= 11 is 3.26. The van der Waals surface area contributed by atoms with Crippen LogP contribution < -0.4 is 16.6 Å². The average Bonchev–Trinajstić information content (AvgIpc) is 3.15. The van der Waals surface area contributed by atoms with Gasteiger partial charge in [-0.25, -0.2) is 0 Å². The van der Waals surface area contributed by atoms with Gasteiger partial charge in [0.25, 0.3) is 5.56 Å². The van der Waals surface area contributed by atoms with Crippen LogP contribution in [0, 0.1) is 5.92 Å². The van der Waals surface area contributed by atoms with Crippen LogP contribution in [-0.2, 0) is 11.3 Å². The molecule has 0 aromatic carbocycles. The van der Waals surface area contributed by atoms with E-state index in [0.29, 0.717) is 12.5 Å². The lowest BCUT2D eigenvalue weighted by atomic mass is 10.2. The number of pyridine rings is 1. The standard InChI is InChI=1S/C12H16BrN3O2/c13-9-3-4-12(18)16(6-9)7-11(17)15-5-10(14)8-1-2-8/h3-4,6,8,10H,1-2,5,7,14H2,(H,15,17). The third kappa shape index (κ3) is 3.68. The van der Waals surface area contributed by atoms with Crippen LogP contribution in [0.2, 0.25) is 0 Å². The van der Waals surface area contributed by atoms with Gasteiger partial charge in [-0.15, -0.1) is 0 Å². The van der Waals surface area contributed by atoms with E-state index in [9.17, 15) is 9.59 Å². The lowest BCUT2D eigenvalue weighted by Crippen LogP contribution is -2.40. The fraction of sp³-hybridized carbons (Fsp3) is 0.500. The highest BCUT2D eigenvalue weighted by atomic mass is 79.9. The lowest BCUT2D eigenvalue weighted by molar-refractivity contribution is -0.121. The van der Waals surface area contributed by atoms with Gasteiger partial charge in [0.1, 0.15) is 6.54 Å². The van der Waals surface area contributed by atoms with E-state index in [1.54, 1.807) is 12.3 Å². The molecule has 6 heteroatoms. The Hall–Kier alpha value is -1.14. The molecule has 1 heterocycles. The van der Waals surface area contributed by atoms with E-state index >= 15 is 0 Å². The minimum Gasteiger partial charge on any atom is -0.353 e. The zero-order valence-corrected chi connectivity index (χ0v) is 11.5. The predicted molar refractivity (Wildman–Crippen MR) is 72.1 cm³/mol. The fourth-order valence-corrected chi connectivity index (χ4v) is 2.14. The number of aromatic nitrogens is 1. The van der Waals surface area contributed by atoms with Gasteiger partial charge in [-0.2, -0.15) is 0 Å². The molecule has 18 heavy (non-hydrogen) atoms. The van der Waals surface area contributed by atoms with E-state index < -0.39 is 0 Å². The third-order valence-electron chi connectivity index (χ3n) is 3.02. The number of nitrogens with one attached hydrogen (secondary N) is 1. The van der Waals surface area contributed by atoms with E-state index in [1.165, 1.54) is 10.6 Å². The first-order valence-corrected chi connectivity index (χ1v) is 6.74. The quantitative estimate of drug-likeness (QED) is 0.829. The van der Waals surface area contributed by atoms with Crippen molar-refractivity contribution in [1.29, 1.82) is 0 Å². The Morgan fingerprint density at radius 2 is 2.28 bits per heavy atom. The molecule has 1 fully saturated rings. The van der Waals surface area contributed by atoms with Crippen molar-refractivity contribution >= 4 is 21.8 Å². The molecule has 1 unspecified atom stereocenters. The number of carbonyl (C=O) groups is 1. The second-order valence-corrected chi connectivity index (χ2v) is 5.53. The molecule has 1 atom stereocenters. The lowest BCUT2D eigenvalue weighted by Gasteiger charge is -2.12. The molecule has 1 aliphatic carbocycles. The molecule has 0 saturated heterocycles. The topological polar surface area (TPSA) is 77.1 Å². The van der Waals surface area contributed by atoms with Gasteiger partial charge in [0.2, 0.25) is 5.91 Å². The van der Waals surface area contributed by atoms with Crippen LogP contribution in [0.1, 0.15) is 12.8 Å². The van der Waals surface area contributed by atoms with Gasteiger partial charge >= 0.3 is 0 Å². The molecule has 0 radical (unpaired) electrons. The van der Waals surface area contributed by atoms with E-state index in [0.717, 1.165) is 17.3 Å². The Morgan fingerprint density at radius 1 is 1.56 bits per heavy atom. The van der Waals surface area contributed by atoms with Gasteiger partial charge in [0, 0.05) is 29.3 Å². The number of hydrogen-bond donors (Lipinski definition) is 2. The van der Waals surface area contributed by atoms with Gasteiger partial charge < -0.3 is 15.6 Å². The van der Waals surface area contributed by atoms with Crippen molar-refractivity contribution in [3.63, 3.8) is 0 Å². The Kier molecular flexibility index (Phi) is 4.19. The minimum atomic E-state index is -0.195. The van der Waals surface area contributed by atoms with Gasteiger partial charge in [-0.05, 0) is 40.8 Å². The molecule has 1 aromatic rings. The summed E-state index contributed by atoms with van der Waals surface area (Å²) in [5.41, 5.74) is 5.69. The highest BCUT2D eigenvalue weighted by Gasteiger charge is 2.28. The predicted octanol–water partition coefficient (Wildman–Crippen LogP) is 0.464. The van der Waals surface area contributed by atoms with Crippen molar-refractivity contribution < 1.29 is 4.79 Å². The molecule has 1 aromatic heterocycles. The van der Waals surface area contributed by atoms with E-state index in [-0.39, 0.29) is 24.1 Å². The van der Waals surface area contributed by atoms with Gasteiger partial charge in [-0.3, -0.25) is 9.59 Å². The number of nitrogens with two attached hydrogens (primary N) is 1. The Bertz CT molecular complexity index is 496. The Labute approximate surface area is 113 Å². The fourth-order valence-electron chi connectivity index (χ4n) is 1.76. The summed E-state index contributed by atoms with van der Waals surface area (Å²) in [7, 11) is 0. The maximum absolute atomic E-state index is 11.7. The first-order valence-electron chi connectivity index (χ1n) is 5.94. The molecule has 1 saturated carbocycles. The maximum atomic E-state index is 11.7. The van der Waals surface area contributed by atoms with E-state index in [2.05, 4.69) is 21.2 Å². The van der Waals surface area contributed by atoms with Crippen LogP contribution >= 0.6 is 15.9 Å². The van der Waals surface area contributed by atoms with Crippen LogP contribution in [0.5, 0.6) is 0 Å². The summed E-state index contributed by atoms with van der Waals surface area (Å²) in [6.45, 7) is 0.502. The number of halogens is 1. The van der Waals surface area contributed by atoms with Gasteiger partial charge in [0.15, 0.2) is 0 Å².